The molecule has 0 amide bonds. The maximum atomic E-state index is 15.9. The zero-order valence-corrected chi connectivity index (χ0v) is 25.3. The van der Waals surface area contributed by atoms with Gasteiger partial charge in [0, 0.05) is 42.4 Å². The summed E-state index contributed by atoms with van der Waals surface area (Å²) >= 11 is 0. The minimum atomic E-state index is -1.33. The van der Waals surface area contributed by atoms with Gasteiger partial charge in [0.05, 0.1) is 23.5 Å². The van der Waals surface area contributed by atoms with Crippen molar-refractivity contribution in [3.05, 3.63) is 70.9 Å². The summed E-state index contributed by atoms with van der Waals surface area (Å²) in [5, 5.41) is 10.3. The van der Waals surface area contributed by atoms with Gasteiger partial charge in [-0.1, -0.05) is 26.0 Å². The van der Waals surface area contributed by atoms with Crippen molar-refractivity contribution in [2.45, 2.75) is 72.5 Å². The van der Waals surface area contributed by atoms with Crippen LogP contribution in [0, 0.1) is 24.0 Å². The van der Waals surface area contributed by atoms with Crippen molar-refractivity contribution < 1.29 is 28.2 Å². The van der Waals surface area contributed by atoms with Crippen LogP contribution < -0.4 is 15.4 Å². The summed E-state index contributed by atoms with van der Waals surface area (Å²) in [7, 11) is 0. The maximum Gasteiger partial charge on any atom is 0.337 e. The highest BCUT2D eigenvalue weighted by atomic mass is 19.1. The van der Waals surface area contributed by atoms with E-state index in [1.807, 2.05) is 0 Å². The number of rotatable bonds is 9. The number of aryl methyl sites for hydroxylation is 1. The van der Waals surface area contributed by atoms with Gasteiger partial charge < -0.3 is 25.2 Å². The number of aromatic nitrogens is 1. The number of pyridine rings is 1. The zero-order valence-electron chi connectivity index (χ0n) is 25.3. The van der Waals surface area contributed by atoms with Crippen LogP contribution in [0.15, 0.2) is 42.5 Å². The lowest BCUT2D eigenvalue weighted by atomic mass is 9.82. The van der Waals surface area contributed by atoms with E-state index in [0.29, 0.717) is 47.8 Å². The minimum Gasteiger partial charge on any atom is -0.493 e. The molecule has 1 fully saturated rings. The summed E-state index contributed by atoms with van der Waals surface area (Å²) in [6.07, 6.45) is 0.934. The molecule has 1 saturated heterocycles. The Hall–Kier alpha value is -3.72. The molecular formula is C33H41F2N3O4. The van der Waals surface area contributed by atoms with Gasteiger partial charge in [-0.15, -0.1) is 0 Å². The number of hydrogen-bond donors (Lipinski definition) is 2. The highest BCUT2D eigenvalue weighted by molar-refractivity contribution is 5.92. The van der Waals surface area contributed by atoms with E-state index in [2.05, 4.69) is 23.7 Å². The van der Waals surface area contributed by atoms with E-state index in [1.165, 1.54) is 18.2 Å². The predicted molar refractivity (Wildman–Crippen MR) is 161 cm³/mol. The molecule has 0 aliphatic carbocycles. The summed E-state index contributed by atoms with van der Waals surface area (Å²) in [4.78, 5) is 19.2. The number of piperidine rings is 1. The summed E-state index contributed by atoms with van der Waals surface area (Å²) in [5.74, 6) is -1.59. The first-order valence-corrected chi connectivity index (χ1v) is 14.3. The zero-order chi connectivity index (χ0) is 30.8. The van der Waals surface area contributed by atoms with Gasteiger partial charge in [-0.05, 0) is 75.8 Å². The lowest BCUT2D eigenvalue weighted by Crippen LogP contribution is -2.39. The molecule has 1 unspecified atom stereocenters. The molecule has 3 aromatic rings. The normalized spacial score (nSPS) is 15.9. The van der Waals surface area contributed by atoms with Crippen molar-refractivity contribution in [1.29, 1.82) is 0 Å². The molecule has 226 valence electrons. The number of anilines is 2. The number of nitrogens with two attached hydrogens (primary N) is 1. The third-order valence-electron chi connectivity index (χ3n) is 7.60. The fourth-order valence-electron chi connectivity index (χ4n) is 5.28. The highest BCUT2D eigenvalue weighted by Gasteiger charge is 2.37. The quantitative estimate of drug-likeness (QED) is 0.278. The second-order valence-corrected chi connectivity index (χ2v) is 12.7. The van der Waals surface area contributed by atoms with Crippen LogP contribution in [0.3, 0.4) is 0 Å². The van der Waals surface area contributed by atoms with Gasteiger partial charge in [-0.25, -0.2) is 18.6 Å². The first kappa shape index (κ1) is 31.2. The van der Waals surface area contributed by atoms with E-state index in [9.17, 15) is 14.3 Å². The smallest absolute Gasteiger partial charge is 0.337 e. The number of nitrogen functional groups attached to an aromatic ring is 1. The molecule has 2 aromatic carbocycles. The Morgan fingerprint density at radius 2 is 1.76 bits per heavy atom. The van der Waals surface area contributed by atoms with Gasteiger partial charge in [0.2, 0.25) is 0 Å². The van der Waals surface area contributed by atoms with Crippen molar-refractivity contribution >= 4 is 17.5 Å². The van der Waals surface area contributed by atoms with E-state index >= 15 is 4.39 Å². The highest BCUT2D eigenvalue weighted by Crippen LogP contribution is 2.46. The standard InChI is InChI=1S/C33H41F2N3O4/c1-20-26(29(31(39)40)42-32(2,3)4)28(38-16-14-33(5,6)15-17-38)27(30(36)37-20)24-12-11-23(19-25(24)35)41-18-13-21-7-9-22(34)10-8-21/h7-12,19,29H,13-18H2,1-6H3,(H2,36,37)(H,39,40). The minimum absolute atomic E-state index is 0.111. The van der Waals surface area contributed by atoms with Gasteiger partial charge in [-0.3, -0.25) is 0 Å². The molecule has 7 nitrogen and oxygen atoms in total. The van der Waals surface area contributed by atoms with Gasteiger partial charge in [-0.2, -0.15) is 0 Å². The number of hydrogen-bond acceptors (Lipinski definition) is 6. The van der Waals surface area contributed by atoms with Crippen molar-refractivity contribution in [3.63, 3.8) is 0 Å². The van der Waals surface area contributed by atoms with Crippen molar-refractivity contribution in [1.82, 2.24) is 4.98 Å². The van der Waals surface area contributed by atoms with Crippen LogP contribution in [-0.4, -0.2) is 41.4 Å². The molecule has 2 heterocycles. The van der Waals surface area contributed by atoms with Gasteiger partial charge >= 0.3 is 5.97 Å². The largest absolute Gasteiger partial charge is 0.493 e. The van der Waals surface area contributed by atoms with Crippen LogP contribution in [0.5, 0.6) is 5.75 Å². The Kier molecular flexibility index (Phi) is 9.11. The lowest BCUT2D eigenvalue weighted by Gasteiger charge is -2.41. The van der Waals surface area contributed by atoms with Crippen LogP contribution >= 0.6 is 0 Å². The van der Waals surface area contributed by atoms with Crippen molar-refractivity contribution in [2.24, 2.45) is 5.41 Å². The number of ether oxygens (including phenoxy) is 2. The average Bonchev–Trinajstić information content (AvgIpc) is 2.88. The Labute approximate surface area is 246 Å². The lowest BCUT2D eigenvalue weighted by molar-refractivity contribution is -0.160. The molecule has 0 saturated carbocycles. The van der Waals surface area contributed by atoms with Crippen LogP contribution in [-0.2, 0) is 16.0 Å². The Morgan fingerprint density at radius 3 is 2.33 bits per heavy atom. The fraction of sp³-hybridized carbons (Fsp3) is 0.455. The van der Waals surface area contributed by atoms with E-state index < -0.39 is 23.5 Å². The van der Waals surface area contributed by atoms with E-state index in [4.69, 9.17) is 15.2 Å². The number of nitrogens with zero attached hydrogens (tertiary/aromatic N) is 2. The van der Waals surface area contributed by atoms with E-state index in [-0.39, 0.29) is 29.2 Å². The summed E-state index contributed by atoms with van der Waals surface area (Å²) in [5.41, 5.74) is 8.64. The summed E-state index contributed by atoms with van der Waals surface area (Å²) in [6, 6.07) is 10.7. The molecule has 3 N–H and O–H groups in total. The van der Waals surface area contributed by atoms with Crippen molar-refractivity contribution in [3.8, 4) is 16.9 Å². The van der Waals surface area contributed by atoms with Crippen LogP contribution in [0.4, 0.5) is 20.3 Å². The fourth-order valence-corrected chi connectivity index (χ4v) is 5.28. The summed E-state index contributed by atoms with van der Waals surface area (Å²) in [6.45, 7) is 13.1. The van der Waals surface area contributed by atoms with Gasteiger partial charge in [0.25, 0.3) is 0 Å². The molecule has 42 heavy (non-hydrogen) atoms. The SMILES string of the molecule is Cc1nc(N)c(-c2ccc(OCCc3ccc(F)cc3)cc2F)c(N2CCC(C)(C)CC2)c1C(OC(C)(C)C)C(=O)O. The molecule has 0 radical (unpaired) electrons. The second kappa shape index (κ2) is 12.3. The molecule has 1 aliphatic heterocycles. The number of aliphatic carboxylic acids is 1. The maximum absolute atomic E-state index is 15.9. The van der Waals surface area contributed by atoms with E-state index in [0.717, 1.165) is 18.4 Å². The van der Waals surface area contributed by atoms with Crippen LogP contribution in [0.1, 0.15) is 70.4 Å². The molecule has 9 heteroatoms. The molecule has 0 spiro atoms. The number of carboxylic acids is 1. The molecule has 1 atom stereocenters. The Bertz CT molecular complexity index is 1420. The molecule has 4 rings (SSSR count). The van der Waals surface area contributed by atoms with Crippen LogP contribution in [0.2, 0.25) is 0 Å². The summed E-state index contributed by atoms with van der Waals surface area (Å²) < 4.78 is 40.9. The van der Waals surface area contributed by atoms with Crippen molar-refractivity contribution in [2.75, 3.05) is 30.3 Å². The monoisotopic (exact) mass is 581 g/mol. The second-order valence-electron chi connectivity index (χ2n) is 12.7. The van der Waals surface area contributed by atoms with Crippen LogP contribution in [0.25, 0.3) is 11.1 Å². The first-order chi connectivity index (χ1) is 19.6. The number of carbonyl (C=O) groups is 1. The predicted octanol–water partition coefficient (Wildman–Crippen LogP) is 7.11. The third kappa shape index (κ3) is 7.37. The molecule has 0 bridgehead atoms. The topological polar surface area (TPSA) is 97.9 Å². The first-order valence-electron chi connectivity index (χ1n) is 14.3. The number of benzene rings is 2. The molecule has 1 aromatic heterocycles. The number of carboxylic acid groups (broad SMARTS) is 1. The number of halogens is 2. The molecular weight excluding hydrogens is 540 g/mol. The van der Waals surface area contributed by atoms with Gasteiger partial charge in [0.15, 0.2) is 6.10 Å². The average molecular weight is 582 g/mol. The Balaban J connectivity index is 1.76. The third-order valence-corrected chi connectivity index (χ3v) is 7.60. The Morgan fingerprint density at radius 1 is 1.12 bits per heavy atom. The molecule has 1 aliphatic rings. The van der Waals surface area contributed by atoms with E-state index in [1.54, 1.807) is 52.0 Å². The van der Waals surface area contributed by atoms with Gasteiger partial charge in [0.1, 0.15) is 23.2 Å².